The van der Waals surface area contributed by atoms with E-state index in [0.29, 0.717) is 5.69 Å². The van der Waals surface area contributed by atoms with Gasteiger partial charge >= 0.3 is 0 Å². The summed E-state index contributed by atoms with van der Waals surface area (Å²) in [5, 5.41) is 6.78. The highest BCUT2D eigenvalue weighted by Gasteiger charge is 2.15. The van der Waals surface area contributed by atoms with Crippen molar-refractivity contribution in [1.29, 1.82) is 0 Å². The third-order valence-corrected chi connectivity index (χ3v) is 2.58. The Morgan fingerprint density at radius 2 is 1.89 bits per heavy atom. The molecular weight excluding hydrogens is 279 g/mol. The highest BCUT2D eigenvalue weighted by atomic mass is 35.5. The number of hydrogen-bond acceptors (Lipinski definition) is 2. The van der Waals surface area contributed by atoms with Crippen LogP contribution in [0.4, 0.5) is 13.2 Å². The molecule has 0 aliphatic heterocycles. The van der Waals surface area contributed by atoms with Crippen LogP contribution in [-0.2, 0) is 0 Å². The fourth-order valence-corrected chi connectivity index (χ4v) is 1.59. The van der Waals surface area contributed by atoms with Gasteiger partial charge in [-0.15, -0.1) is 5.10 Å². The van der Waals surface area contributed by atoms with Crippen LogP contribution in [0.3, 0.4) is 0 Å². The standard InChI is InChI=1S/C10H7ClF3N3.C2H6/c1-5-8(3-2-6(11)9(5)12)17-4-7(10(13)14)15-16-17;1-2/h2-4,10H,1H3;1-2H3. The van der Waals surface area contributed by atoms with E-state index in [9.17, 15) is 13.2 Å². The van der Waals surface area contributed by atoms with E-state index in [4.69, 9.17) is 11.6 Å². The first kappa shape index (κ1) is 15.5. The SMILES string of the molecule is CC.Cc1c(-n2cc(C(F)F)nn2)ccc(Cl)c1F. The molecule has 2 rings (SSSR count). The maximum absolute atomic E-state index is 13.5. The van der Waals surface area contributed by atoms with Crippen LogP contribution in [0.2, 0.25) is 5.02 Å². The van der Waals surface area contributed by atoms with Crippen LogP contribution in [0.15, 0.2) is 18.3 Å². The molecule has 0 N–H and O–H groups in total. The van der Waals surface area contributed by atoms with Gasteiger partial charge < -0.3 is 0 Å². The molecule has 0 radical (unpaired) electrons. The largest absolute Gasteiger partial charge is 0.283 e. The number of alkyl halides is 2. The van der Waals surface area contributed by atoms with Crippen LogP contribution in [0, 0.1) is 12.7 Å². The zero-order valence-electron chi connectivity index (χ0n) is 10.7. The molecule has 0 aliphatic carbocycles. The summed E-state index contributed by atoms with van der Waals surface area (Å²) in [7, 11) is 0. The summed E-state index contributed by atoms with van der Waals surface area (Å²) in [6.07, 6.45) is -1.65. The van der Waals surface area contributed by atoms with Crippen molar-refractivity contribution < 1.29 is 13.2 Å². The lowest BCUT2D eigenvalue weighted by Crippen LogP contribution is -2.00. The molecule has 104 valence electrons. The summed E-state index contributed by atoms with van der Waals surface area (Å²) < 4.78 is 39.3. The van der Waals surface area contributed by atoms with Crippen LogP contribution in [-0.4, -0.2) is 15.0 Å². The Kier molecular flexibility index (Phi) is 5.35. The Morgan fingerprint density at radius 3 is 2.42 bits per heavy atom. The van der Waals surface area contributed by atoms with Crippen LogP contribution < -0.4 is 0 Å². The van der Waals surface area contributed by atoms with E-state index < -0.39 is 17.9 Å². The average molecular weight is 292 g/mol. The van der Waals surface area contributed by atoms with Crippen LogP contribution in [0.25, 0.3) is 5.69 Å². The number of halogens is 4. The number of aromatic nitrogens is 3. The predicted molar refractivity (Wildman–Crippen MR) is 67.4 cm³/mol. The van der Waals surface area contributed by atoms with Gasteiger partial charge in [0.15, 0.2) is 0 Å². The van der Waals surface area contributed by atoms with E-state index >= 15 is 0 Å². The molecule has 0 saturated carbocycles. The Labute approximate surface area is 114 Å². The summed E-state index contributed by atoms with van der Waals surface area (Å²) in [5.74, 6) is -0.599. The molecule has 0 aliphatic rings. The third kappa shape index (κ3) is 3.26. The molecule has 1 heterocycles. The second kappa shape index (κ2) is 6.56. The van der Waals surface area contributed by atoms with Gasteiger partial charge in [0.25, 0.3) is 6.43 Å². The minimum Gasteiger partial charge on any atom is -0.220 e. The molecular formula is C12H13ClF3N3. The predicted octanol–water partition coefficient (Wildman–Crippen LogP) is 4.33. The molecule has 19 heavy (non-hydrogen) atoms. The summed E-state index contributed by atoms with van der Waals surface area (Å²) in [6, 6.07) is 2.83. The zero-order valence-corrected chi connectivity index (χ0v) is 11.4. The Bertz CT molecular complexity index is 555. The van der Waals surface area contributed by atoms with Crippen molar-refractivity contribution in [3.05, 3.63) is 40.4 Å². The summed E-state index contributed by atoms with van der Waals surface area (Å²) in [5.41, 5.74) is 0.0919. The fourth-order valence-electron chi connectivity index (χ4n) is 1.38. The lowest BCUT2D eigenvalue weighted by atomic mass is 10.2. The molecule has 3 nitrogen and oxygen atoms in total. The first-order valence-electron chi connectivity index (χ1n) is 5.66. The van der Waals surface area contributed by atoms with Crippen molar-refractivity contribution in [1.82, 2.24) is 15.0 Å². The minimum atomic E-state index is -2.71. The highest BCUT2D eigenvalue weighted by molar-refractivity contribution is 6.30. The number of rotatable bonds is 2. The molecule has 0 fully saturated rings. The minimum absolute atomic E-state index is 0.0274. The smallest absolute Gasteiger partial charge is 0.220 e. The molecule has 7 heteroatoms. The molecule has 0 spiro atoms. The highest BCUT2D eigenvalue weighted by Crippen LogP contribution is 2.24. The monoisotopic (exact) mass is 291 g/mol. The van der Waals surface area contributed by atoms with Gasteiger partial charge in [-0.25, -0.2) is 17.9 Å². The third-order valence-electron chi connectivity index (χ3n) is 2.29. The van der Waals surface area contributed by atoms with E-state index in [1.165, 1.54) is 19.1 Å². The van der Waals surface area contributed by atoms with Gasteiger partial charge in [-0.3, -0.25) is 0 Å². The first-order chi connectivity index (χ1) is 9.00. The fraction of sp³-hybridized carbons (Fsp3) is 0.333. The Balaban J connectivity index is 0.000000861. The summed E-state index contributed by atoms with van der Waals surface area (Å²) in [4.78, 5) is 0. The van der Waals surface area contributed by atoms with E-state index in [1.807, 2.05) is 13.8 Å². The van der Waals surface area contributed by atoms with Gasteiger partial charge in [-0.1, -0.05) is 30.7 Å². The number of benzene rings is 1. The van der Waals surface area contributed by atoms with Crippen LogP contribution >= 0.6 is 11.6 Å². The van der Waals surface area contributed by atoms with Crippen molar-refractivity contribution >= 4 is 11.6 Å². The average Bonchev–Trinajstić information content (AvgIpc) is 2.88. The number of hydrogen-bond donors (Lipinski definition) is 0. The van der Waals surface area contributed by atoms with Gasteiger partial charge in [0.05, 0.1) is 16.9 Å². The maximum Gasteiger partial charge on any atom is 0.283 e. The lowest BCUT2D eigenvalue weighted by Gasteiger charge is -2.06. The van der Waals surface area contributed by atoms with Gasteiger partial charge in [-0.05, 0) is 19.1 Å². The quantitative estimate of drug-likeness (QED) is 0.824. The lowest BCUT2D eigenvalue weighted by molar-refractivity contribution is 0.146. The van der Waals surface area contributed by atoms with Gasteiger partial charge in [0.2, 0.25) is 0 Å². The normalized spacial score (nSPS) is 10.3. The van der Waals surface area contributed by atoms with Gasteiger partial charge in [0.1, 0.15) is 11.5 Å². The second-order valence-electron chi connectivity index (χ2n) is 3.39. The molecule has 1 aromatic carbocycles. The topological polar surface area (TPSA) is 30.7 Å². The van der Waals surface area contributed by atoms with Crippen molar-refractivity contribution in [3.63, 3.8) is 0 Å². The van der Waals surface area contributed by atoms with Crippen molar-refractivity contribution in [3.8, 4) is 5.69 Å². The van der Waals surface area contributed by atoms with E-state index in [0.717, 1.165) is 10.9 Å². The molecule has 2 aromatic rings. The van der Waals surface area contributed by atoms with E-state index in [1.54, 1.807) is 0 Å². The first-order valence-corrected chi connectivity index (χ1v) is 6.04. The molecule has 0 bridgehead atoms. The summed E-state index contributed by atoms with van der Waals surface area (Å²) >= 11 is 5.59. The van der Waals surface area contributed by atoms with E-state index in [-0.39, 0.29) is 10.6 Å². The zero-order chi connectivity index (χ0) is 14.6. The molecule has 1 aromatic heterocycles. The number of nitrogens with zero attached hydrogens (tertiary/aromatic N) is 3. The molecule has 0 saturated heterocycles. The van der Waals surface area contributed by atoms with Crippen molar-refractivity contribution in [2.75, 3.05) is 0 Å². The molecule has 0 unspecified atom stereocenters. The molecule has 0 atom stereocenters. The summed E-state index contributed by atoms with van der Waals surface area (Å²) in [6.45, 7) is 5.49. The second-order valence-corrected chi connectivity index (χ2v) is 3.80. The van der Waals surface area contributed by atoms with E-state index in [2.05, 4.69) is 10.3 Å². The van der Waals surface area contributed by atoms with Crippen LogP contribution in [0.1, 0.15) is 31.5 Å². The maximum atomic E-state index is 13.5. The van der Waals surface area contributed by atoms with Crippen molar-refractivity contribution in [2.45, 2.75) is 27.2 Å². The van der Waals surface area contributed by atoms with Crippen molar-refractivity contribution in [2.24, 2.45) is 0 Å². The van der Waals surface area contributed by atoms with Gasteiger partial charge in [0, 0.05) is 5.56 Å². The Hall–Kier alpha value is -1.56. The molecule has 0 amide bonds. The van der Waals surface area contributed by atoms with Crippen LogP contribution in [0.5, 0.6) is 0 Å². The Morgan fingerprint density at radius 1 is 1.26 bits per heavy atom. The van der Waals surface area contributed by atoms with Gasteiger partial charge in [-0.2, -0.15) is 0 Å².